The second kappa shape index (κ2) is 6.99. The summed E-state index contributed by atoms with van der Waals surface area (Å²) in [4.78, 5) is 4.35. The van der Waals surface area contributed by atoms with Crippen LogP contribution < -0.4 is 4.74 Å². The third-order valence-electron chi connectivity index (χ3n) is 4.51. The number of benzene rings is 2. The van der Waals surface area contributed by atoms with E-state index in [4.69, 9.17) is 4.74 Å². The zero-order chi connectivity index (χ0) is 19.7. The van der Waals surface area contributed by atoms with E-state index in [-0.39, 0.29) is 0 Å². The fourth-order valence-electron chi connectivity index (χ4n) is 3.02. The molecule has 142 valence electrons. The Morgan fingerprint density at radius 3 is 2.46 bits per heavy atom. The third kappa shape index (κ3) is 3.55. The van der Waals surface area contributed by atoms with Gasteiger partial charge in [-0.2, -0.15) is 18.3 Å². The zero-order valence-corrected chi connectivity index (χ0v) is 14.9. The Kier molecular flexibility index (Phi) is 4.50. The van der Waals surface area contributed by atoms with E-state index in [1.54, 1.807) is 30.3 Å². The summed E-state index contributed by atoms with van der Waals surface area (Å²) in [5.41, 5.74) is 2.85. The molecule has 4 rings (SSSR count). The van der Waals surface area contributed by atoms with E-state index in [1.807, 2.05) is 30.3 Å². The van der Waals surface area contributed by atoms with E-state index in [9.17, 15) is 13.2 Å². The monoisotopic (exact) mass is 383 g/mol. The van der Waals surface area contributed by atoms with Gasteiger partial charge in [0.05, 0.1) is 30.9 Å². The fourth-order valence-corrected chi connectivity index (χ4v) is 3.02. The lowest BCUT2D eigenvalue weighted by molar-refractivity contribution is -0.137. The minimum absolute atomic E-state index is 0.460. The molecular weight excluding hydrogens is 367 g/mol. The summed E-state index contributed by atoms with van der Waals surface area (Å²) < 4.78 is 46.0. The number of alkyl halides is 3. The summed E-state index contributed by atoms with van der Waals surface area (Å²) in [5.74, 6) is 0.766. The van der Waals surface area contributed by atoms with Gasteiger partial charge < -0.3 is 4.74 Å². The van der Waals surface area contributed by atoms with E-state index in [1.165, 1.54) is 6.07 Å². The molecule has 7 heteroatoms. The lowest BCUT2D eigenvalue weighted by atomic mass is 10.0. The van der Waals surface area contributed by atoms with Gasteiger partial charge in [-0.15, -0.1) is 0 Å². The standard InChI is InChI=1S/C21H16F3N3O/c1-28-18-7-5-14(6-8-18)13-27-20-10-16(11-25-19(20)12-26-27)15-3-2-4-17(9-15)21(22,23)24/h2-12H,13H2,1H3. The van der Waals surface area contributed by atoms with Gasteiger partial charge in [0, 0.05) is 11.8 Å². The van der Waals surface area contributed by atoms with Crippen molar-refractivity contribution < 1.29 is 17.9 Å². The van der Waals surface area contributed by atoms with Gasteiger partial charge in [-0.05, 0) is 41.5 Å². The van der Waals surface area contributed by atoms with Crippen molar-refractivity contribution in [1.29, 1.82) is 0 Å². The molecule has 0 saturated carbocycles. The predicted molar refractivity (Wildman–Crippen MR) is 100 cm³/mol. The van der Waals surface area contributed by atoms with Crippen molar-refractivity contribution in [2.75, 3.05) is 7.11 Å². The highest BCUT2D eigenvalue weighted by Gasteiger charge is 2.30. The fraction of sp³-hybridized carbons (Fsp3) is 0.143. The van der Waals surface area contributed by atoms with Gasteiger partial charge in [-0.1, -0.05) is 24.3 Å². The van der Waals surface area contributed by atoms with Gasteiger partial charge in [0.1, 0.15) is 11.3 Å². The minimum atomic E-state index is -4.39. The van der Waals surface area contributed by atoms with Gasteiger partial charge in [0.15, 0.2) is 0 Å². The Morgan fingerprint density at radius 2 is 1.75 bits per heavy atom. The van der Waals surface area contributed by atoms with Crippen molar-refractivity contribution in [1.82, 2.24) is 14.8 Å². The average Bonchev–Trinajstić information content (AvgIpc) is 3.10. The molecule has 2 aromatic heterocycles. The van der Waals surface area contributed by atoms with E-state index < -0.39 is 11.7 Å². The molecule has 0 saturated heterocycles. The molecule has 0 fully saturated rings. The van der Waals surface area contributed by atoms with Crippen LogP contribution in [-0.2, 0) is 12.7 Å². The largest absolute Gasteiger partial charge is 0.497 e. The van der Waals surface area contributed by atoms with Crippen LogP contribution in [0.4, 0.5) is 13.2 Å². The van der Waals surface area contributed by atoms with E-state index >= 15 is 0 Å². The Morgan fingerprint density at radius 1 is 0.964 bits per heavy atom. The molecule has 0 aliphatic rings. The Balaban J connectivity index is 1.70. The molecule has 0 aliphatic carbocycles. The highest BCUT2D eigenvalue weighted by molar-refractivity contribution is 5.80. The normalized spacial score (nSPS) is 11.7. The number of rotatable bonds is 4. The number of hydrogen-bond acceptors (Lipinski definition) is 3. The predicted octanol–water partition coefficient (Wildman–Crippen LogP) is 5.17. The minimum Gasteiger partial charge on any atom is -0.497 e. The van der Waals surface area contributed by atoms with Crippen LogP contribution in [0.25, 0.3) is 22.2 Å². The maximum Gasteiger partial charge on any atom is 0.416 e. The first-order chi connectivity index (χ1) is 13.4. The second-order valence-corrected chi connectivity index (χ2v) is 6.36. The van der Waals surface area contributed by atoms with Crippen LogP contribution in [0.3, 0.4) is 0 Å². The number of hydrogen-bond donors (Lipinski definition) is 0. The molecule has 0 N–H and O–H groups in total. The van der Waals surface area contributed by atoms with Crippen molar-refractivity contribution in [3.63, 3.8) is 0 Å². The smallest absolute Gasteiger partial charge is 0.416 e. The number of fused-ring (bicyclic) bond motifs is 1. The summed E-state index contributed by atoms with van der Waals surface area (Å²) in [7, 11) is 1.61. The Labute approximate surface area is 159 Å². The third-order valence-corrected chi connectivity index (χ3v) is 4.51. The molecule has 28 heavy (non-hydrogen) atoms. The Bertz CT molecular complexity index is 1120. The summed E-state index contributed by atoms with van der Waals surface area (Å²) >= 11 is 0. The lowest BCUT2D eigenvalue weighted by Gasteiger charge is -2.09. The van der Waals surface area contributed by atoms with Gasteiger partial charge in [0.2, 0.25) is 0 Å². The van der Waals surface area contributed by atoms with Crippen molar-refractivity contribution in [2.45, 2.75) is 12.7 Å². The molecule has 2 heterocycles. The first kappa shape index (κ1) is 18.0. The molecule has 0 unspecified atom stereocenters. The molecular formula is C21H16F3N3O. The van der Waals surface area contributed by atoms with Crippen LogP contribution in [-0.4, -0.2) is 21.9 Å². The Hall–Kier alpha value is -3.35. The van der Waals surface area contributed by atoms with E-state index in [0.29, 0.717) is 23.2 Å². The van der Waals surface area contributed by atoms with Crippen LogP contribution in [0.2, 0.25) is 0 Å². The zero-order valence-electron chi connectivity index (χ0n) is 14.9. The highest BCUT2D eigenvalue weighted by atomic mass is 19.4. The van der Waals surface area contributed by atoms with Crippen LogP contribution in [0.1, 0.15) is 11.1 Å². The van der Waals surface area contributed by atoms with Gasteiger partial charge >= 0.3 is 6.18 Å². The molecule has 2 aromatic carbocycles. The quantitative estimate of drug-likeness (QED) is 0.488. The maximum absolute atomic E-state index is 13.0. The number of halogens is 3. The first-order valence-corrected chi connectivity index (χ1v) is 8.56. The van der Waals surface area contributed by atoms with Crippen LogP contribution >= 0.6 is 0 Å². The molecule has 0 atom stereocenters. The van der Waals surface area contributed by atoms with Gasteiger partial charge in [0.25, 0.3) is 0 Å². The van der Waals surface area contributed by atoms with Crippen LogP contribution in [0, 0.1) is 0 Å². The summed E-state index contributed by atoms with van der Waals surface area (Å²) in [6.45, 7) is 0.515. The summed E-state index contributed by atoms with van der Waals surface area (Å²) in [6.07, 6.45) is -1.17. The lowest BCUT2D eigenvalue weighted by Crippen LogP contribution is -2.04. The van der Waals surface area contributed by atoms with E-state index in [2.05, 4.69) is 10.1 Å². The topological polar surface area (TPSA) is 39.9 Å². The average molecular weight is 383 g/mol. The summed E-state index contributed by atoms with van der Waals surface area (Å²) in [6, 6.07) is 14.7. The molecule has 0 spiro atoms. The van der Waals surface area contributed by atoms with Crippen LogP contribution in [0.15, 0.2) is 67.0 Å². The molecule has 4 aromatic rings. The van der Waals surface area contributed by atoms with Crippen molar-refractivity contribution in [3.8, 4) is 16.9 Å². The van der Waals surface area contributed by atoms with Crippen LogP contribution in [0.5, 0.6) is 5.75 Å². The molecule has 4 nitrogen and oxygen atoms in total. The van der Waals surface area contributed by atoms with E-state index in [0.717, 1.165) is 29.0 Å². The number of ether oxygens (including phenoxy) is 1. The van der Waals surface area contributed by atoms with Gasteiger partial charge in [-0.25, -0.2) is 0 Å². The molecule has 0 aliphatic heterocycles. The van der Waals surface area contributed by atoms with Crippen molar-refractivity contribution in [2.24, 2.45) is 0 Å². The molecule has 0 bridgehead atoms. The highest BCUT2D eigenvalue weighted by Crippen LogP contribution is 2.32. The molecule has 0 amide bonds. The number of aromatic nitrogens is 3. The summed E-state index contributed by atoms with van der Waals surface area (Å²) in [5, 5.41) is 4.37. The molecule has 0 radical (unpaired) electrons. The number of pyridine rings is 1. The maximum atomic E-state index is 13.0. The second-order valence-electron chi connectivity index (χ2n) is 6.36. The van der Waals surface area contributed by atoms with Gasteiger partial charge in [-0.3, -0.25) is 9.67 Å². The number of methoxy groups -OCH3 is 1. The SMILES string of the molecule is COc1ccc(Cn2ncc3ncc(-c4cccc(C(F)(F)F)c4)cc32)cc1. The number of nitrogens with zero attached hydrogens (tertiary/aromatic N) is 3. The van der Waals surface area contributed by atoms with Crippen molar-refractivity contribution in [3.05, 3.63) is 78.1 Å². The first-order valence-electron chi connectivity index (χ1n) is 8.56. The van der Waals surface area contributed by atoms with Crippen molar-refractivity contribution >= 4 is 11.0 Å².